The van der Waals surface area contributed by atoms with Gasteiger partial charge in [0.25, 0.3) is 0 Å². The molecule has 0 N–H and O–H groups in total. The predicted molar refractivity (Wildman–Crippen MR) is 92.9 cm³/mol. The first kappa shape index (κ1) is 16.9. The van der Waals surface area contributed by atoms with Crippen LogP contribution in [0.25, 0.3) is 0 Å². The van der Waals surface area contributed by atoms with Crippen molar-refractivity contribution >= 4 is 5.91 Å². The van der Waals surface area contributed by atoms with Crippen LogP contribution < -0.4 is 0 Å². The average molecular weight is 345 g/mol. The topological polar surface area (TPSA) is 54.9 Å². The van der Waals surface area contributed by atoms with Gasteiger partial charge in [-0.15, -0.1) is 0 Å². The highest BCUT2D eigenvalue weighted by Crippen LogP contribution is 2.45. The Bertz CT molecular complexity index is 583. The van der Waals surface area contributed by atoms with Crippen molar-refractivity contribution in [2.45, 2.75) is 19.4 Å². The molecule has 3 fully saturated rings. The number of likely N-dealkylation sites (tertiary alicyclic amines) is 1. The maximum absolute atomic E-state index is 13.3. The molecule has 1 amide bonds. The molecular weight excluding hydrogens is 318 g/mol. The Hall–Kier alpha value is -1.50. The summed E-state index contributed by atoms with van der Waals surface area (Å²) in [5.74, 6) is 0.394. The number of carbonyl (C=O) groups excluding carboxylic acids is 1. The minimum atomic E-state index is 0.0653. The summed E-state index contributed by atoms with van der Waals surface area (Å²) in [6, 6.07) is 4.09. The largest absolute Gasteiger partial charge is 0.381 e. The van der Waals surface area contributed by atoms with Gasteiger partial charge in [0.15, 0.2) is 0 Å². The Kier molecular flexibility index (Phi) is 5.01. The van der Waals surface area contributed by atoms with Gasteiger partial charge in [0.1, 0.15) is 0 Å². The van der Waals surface area contributed by atoms with E-state index in [1.54, 1.807) is 6.20 Å². The number of nitrogens with zero attached hydrogens (tertiary/aromatic N) is 3. The minimum Gasteiger partial charge on any atom is -0.381 e. The molecule has 1 aromatic rings. The van der Waals surface area contributed by atoms with Gasteiger partial charge in [-0.2, -0.15) is 0 Å². The number of aromatic nitrogens is 1. The molecule has 6 heteroatoms. The Morgan fingerprint density at radius 2 is 1.96 bits per heavy atom. The predicted octanol–water partition coefficient (Wildman–Crippen LogP) is 1.17. The molecule has 3 aliphatic rings. The van der Waals surface area contributed by atoms with Gasteiger partial charge in [-0.3, -0.25) is 14.7 Å². The molecule has 0 radical (unpaired) electrons. The summed E-state index contributed by atoms with van der Waals surface area (Å²) in [5.41, 5.74) is 1.28. The maximum Gasteiger partial charge on any atom is 0.227 e. The summed E-state index contributed by atoms with van der Waals surface area (Å²) in [7, 11) is 0. The van der Waals surface area contributed by atoms with E-state index in [-0.39, 0.29) is 11.3 Å². The Labute approximate surface area is 149 Å². The highest BCUT2D eigenvalue weighted by molar-refractivity contribution is 5.80. The standard InChI is InChI=1S/C19H27N3O3/c23-18(22-6-10-25-11-7-22)17-14-21(13-16-2-1-5-20-12-16)15-19(17)3-8-24-9-4-19/h1-2,5,12,17H,3-4,6-11,13-15H2. The molecular formula is C19H27N3O3. The Balaban J connectivity index is 1.51. The van der Waals surface area contributed by atoms with E-state index in [9.17, 15) is 4.79 Å². The number of rotatable bonds is 3. The fourth-order valence-corrected chi connectivity index (χ4v) is 4.57. The van der Waals surface area contributed by atoms with E-state index in [2.05, 4.69) is 16.0 Å². The molecule has 0 bridgehead atoms. The van der Waals surface area contributed by atoms with Gasteiger partial charge < -0.3 is 14.4 Å². The fourth-order valence-electron chi connectivity index (χ4n) is 4.57. The van der Waals surface area contributed by atoms with Gasteiger partial charge >= 0.3 is 0 Å². The van der Waals surface area contributed by atoms with Crippen molar-refractivity contribution < 1.29 is 14.3 Å². The lowest BCUT2D eigenvalue weighted by atomic mass is 9.71. The van der Waals surface area contributed by atoms with Gasteiger partial charge in [-0.1, -0.05) is 6.07 Å². The summed E-state index contributed by atoms with van der Waals surface area (Å²) in [5, 5.41) is 0. The first-order chi connectivity index (χ1) is 12.3. The van der Waals surface area contributed by atoms with Crippen molar-refractivity contribution in [1.29, 1.82) is 0 Å². The van der Waals surface area contributed by atoms with Crippen LogP contribution in [0.5, 0.6) is 0 Å². The normalized spacial score (nSPS) is 26.9. The van der Waals surface area contributed by atoms with Crippen molar-refractivity contribution in [3.63, 3.8) is 0 Å². The molecule has 1 aromatic heterocycles. The van der Waals surface area contributed by atoms with E-state index in [4.69, 9.17) is 9.47 Å². The molecule has 3 saturated heterocycles. The van der Waals surface area contributed by atoms with Crippen molar-refractivity contribution in [3.8, 4) is 0 Å². The quantitative estimate of drug-likeness (QED) is 0.823. The lowest BCUT2D eigenvalue weighted by molar-refractivity contribution is -0.144. The van der Waals surface area contributed by atoms with Crippen LogP contribution in [0.2, 0.25) is 0 Å². The van der Waals surface area contributed by atoms with Gasteiger partial charge in [0.05, 0.1) is 19.1 Å². The second-order valence-corrected chi connectivity index (χ2v) is 7.50. The van der Waals surface area contributed by atoms with E-state index in [0.717, 1.165) is 58.8 Å². The van der Waals surface area contributed by atoms with Crippen LogP contribution in [-0.4, -0.2) is 73.3 Å². The molecule has 3 aliphatic heterocycles. The second-order valence-electron chi connectivity index (χ2n) is 7.50. The van der Waals surface area contributed by atoms with Crippen LogP contribution in [0.1, 0.15) is 18.4 Å². The zero-order valence-corrected chi connectivity index (χ0v) is 14.7. The molecule has 4 rings (SSSR count). The van der Waals surface area contributed by atoms with Gasteiger partial charge in [-0.05, 0) is 24.5 Å². The van der Waals surface area contributed by atoms with Crippen LogP contribution in [0.15, 0.2) is 24.5 Å². The van der Waals surface area contributed by atoms with E-state index in [0.29, 0.717) is 19.1 Å². The SMILES string of the molecule is O=C(C1CN(Cc2cccnc2)CC12CCOCC2)N1CCOCC1. The molecule has 0 saturated carbocycles. The van der Waals surface area contributed by atoms with Gasteiger partial charge in [0, 0.05) is 63.7 Å². The summed E-state index contributed by atoms with van der Waals surface area (Å²) in [6.07, 6.45) is 5.69. The molecule has 25 heavy (non-hydrogen) atoms. The second kappa shape index (κ2) is 7.40. The third-order valence-corrected chi connectivity index (χ3v) is 5.96. The number of ether oxygens (including phenoxy) is 2. The van der Waals surface area contributed by atoms with Crippen LogP contribution in [0.4, 0.5) is 0 Å². The summed E-state index contributed by atoms with van der Waals surface area (Å²) < 4.78 is 11.0. The van der Waals surface area contributed by atoms with Gasteiger partial charge in [0.2, 0.25) is 5.91 Å². The van der Waals surface area contributed by atoms with Crippen LogP contribution in [-0.2, 0) is 20.8 Å². The number of carbonyl (C=O) groups is 1. The number of hydrogen-bond acceptors (Lipinski definition) is 5. The molecule has 1 unspecified atom stereocenters. The number of amides is 1. The van der Waals surface area contributed by atoms with Crippen molar-refractivity contribution in [1.82, 2.24) is 14.8 Å². The number of morpholine rings is 1. The highest BCUT2D eigenvalue weighted by Gasteiger charge is 2.51. The van der Waals surface area contributed by atoms with Gasteiger partial charge in [-0.25, -0.2) is 0 Å². The molecule has 1 spiro atoms. The lowest BCUT2D eigenvalue weighted by Gasteiger charge is -2.40. The van der Waals surface area contributed by atoms with Crippen LogP contribution in [0.3, 0.4) is 0 Å². The van der Waals surface area contributed by atoms with E-state index < -0.39 is 0 Å². The zero-order chi connectivity index (χ0) is 17.1. The third-order valence-electron chi connectivity index (χ3n) is 5.96. The van der Waals surface area contributed by atoms with E-state index in [1.807, 2.05) is 17.2 Å². The third kappa shape index (κ3) is 3.57. The lowest BCUT2D eigenvalue weighted by Crippen LogP contribution is -2.49. The van der Waals surface area contributed by atoms with E-state index >= 15 is 0 Å². The van der Waals surface area contributed by atoms with Crippen LogP contribution in [0, 0.1) is 11.3 Å². The monoisotopic (exact) mass is 345 g/mol. The summed E-state index contributed by atoms with van der Waals surface area (Å²) >= 11 is 0. The molecule has 4 heterocycles. The minimum absolute atomic E-state index is 0.0653. The molecule has 1 atom stereocenters. The van der Waals surface area contributed by atoms with Crippen molar-refractivity contribution in [3.05, 3.63) is 30.1 Å². The summed E-state index contributed by atoms with van der Waals surface area (Å²) in [6.45, 7) is 7.00. The smallest absolute Gasteiger partial charge is 0.227 e. The highest BCUT2D eigenvalue weighted by atomic mass is 16.5. The Morgan fingerprint density at radius 1 is 1.20 bits per heavy atom. The van der Waals surface area contributed by atoms with Crippen molar-refractivity contribution in [2.24, 2.45) is 11.3 Å². The average Bonchev–Trinajstić information content (AvgIpc) is 3.00. The zero-order valence-electron chi connectivity index (χ0n) is 14.7. The fraction of sp³-hybridized carbons (Fsp3) is 0.684. The first-order valence-corrected chi connectivity index (χ1v) is 9.32. The number of pyridine rings is 1. The molecule has 6 nitrogen and oxygen atoms in total. The first-order valence-electron chi connectivity index (χ1n) is 9.32. The maximum atomic E-state index is 13.3. The summed E-state index contributed by atoms with van der Waals surface area (Å²) in [4.78, 5) is 21.9. The van der Waals surface area contributed by atoms with E-state index in [1.165, 1.54) is 5.56 Å². The molecule has 136 valence electrons. The Morgan fingerprint density at radius 3 is 2.68 bits per heavy atom. The molecule has 0 aromatic carbocycles. The van der Waals surface area contributed by atoms with Crippen LogP contribution >= 0.6 is 0 Å². The number of hydrogen-bond donors (Lipinski definition) is 0. The molecule has 0 aliphatic carbocycles. The van der Waals surface area contributed by atoms with Crippen molar-refractivity contribution in [2.75, 3.05) is 52.6 Å².